The molecule has 0 aliphatic carbocycles. The molecule has 3 heterocycles. The smallest absolute Gasteiger partial charge is 0.278 e. The van der Waals surface area contributed by atoms with E-state index in [9.17, 15) is 15.0 Å². The minimum atomic E-state index is -1.01. The van der Waals surface area contributed by atoms with Gasteiger partial charge in [-0.2, -0.15) is 4.98 Å². The van der Waals surface area contributed by atoms with Crippen LogP contribution in [0, 0.1) is 0 Å². The lowest BCUT2D eigenvalue weighted by molar-refractivity contribution is -0.0105. The third kappa shape index (κ3) is 2.03. The lowest BCUT2D eigenvalue weighted by Crippen LogP contribution is -2.48. The Kier molecular flexibility index (Phi) is 3.24. The molecule has 1 fully saturated rings. The summed E-state index contributed by atoms with van der Waals surface area (Å²) in [6, 6.07) is -0.714. The van der Waals surface area contributed by atoms with Crippen molar-refractivity contribution in [3.63, 3.8) is 0 Å². The summed E-state index contributed by atoms with van der Waals surface area (Å²) in [5.41, 5.74) is 11.4. The van der Waals surface area contributed by atoms with E-state index in [1.54, 1.807) is 16.8 Å². The zero-order chi connectivity index (χ0) is 15.3. The van der Waals surface area contributed by atoms with Crippen molar-refractivity contribution in [2.75, 3.05) is 35.9 Å². The molecule has 116 valence electrons. The number of nitrogen functional groups attached to an aromatic ring is 1. The van der Waals surface area contributed by atoms with Crippen molar-refractivity contribution < 1.29 is 14.9 Å². The average molecular weight is 298 g/mol. The summed E-state index contributed by atoms with van der Waals surface area (Å²) >= 11 is 0. The van der Waals surface area contributed by atoms with Crippen molar-refractivity contribution in [3.8, 4) is 0 Å². The predicted octanol–water partition coefficient (Wildman–Crippen LogP) is -3.03. The van der Waals surface area contributed by atoms with Gasteiger partial charge in [0.1, 0.15) is 17.9 Å². The van der Waals surface area contributed by atoms with E-state index < -0.39 is 24.5 Å². The van der Waals surface area contributed by atoms with Crippen molar-refractivity contribution in [2.24, 2.45) is 5.73 Å². The molecule has 2 aliphatic rings. The van der Waals surface area contributed by atoms with E-state index >= 15 is 0 Å². The second-order valence-corrected chi connectivity index (χ2v) is 5.25. The summed E-state index contributed by atoms with van der Waals surface area (Å²) in [5, 5.41) is 19.4. The fourth-order valence-electron chi connectivity index (χ4n) is 2.77. The fourth-order valence-corrected chi connectivity index (χ4v) is 2.77. The molecule has 2 aliphatic heterocycles. The van der Waals surface area contributed by atoms with Crippen molar-refractivity contribution in [2.45, 2.75) is 24.5 Å². The number of anilines is 3. The molecule has 0 aromatic carbocycles. The molecular weight excluding hydrogens is 280 g/mol. The molecule has 7 N–H and O–H groups in total. The maximum atomic E-state index is 12.0. The van der Waals surface area contributed by atoms with Gasteiger partial charge in [-0.15, -0.1) is 0 Å². The number of nitrogens with two attached hydrogens (primary N) is 2. The topological polar surface area (TPSA) is 154 Å². The Bertz CT molecular complexity index is 607. The lowest BCUT2D eigenvalue weighted by atomic mass is 10.1. The number of hydrogen-bond acceptors (Lipinski definition) is 9. The number of aromatic nitrogens is 2. The highest BCUT2D eigenvalue weighted by atomic mass is 16.5. The highest BCUT2D eigenvalue weighted by molar-refractivity contribution is 5.72. The first-order chi connectivity index (χ1) is 9.93. The summed E-state index contributed by atoms with van der Waals surface area (Å²) in [6.07, 6.45) is -2.47. The molecule has 4 atom stereocenters. The van der Waals surface area contributed by atoms with E-state index in [2.05, 4.69) is 9.97 Å². The Morgan fingerprint density at radius 2 is 2.29 bits per heavy atom. The number of nitrogens with one attached hydrogen (secondary N) is 1. The molecule has 1 aromatic heterocycles. The summed E-state index contributed by atoms with van der Waals surface area (Å²) in [6.45, 7) is -0.00232. The molecule has 10 heteroatoms. The molecule has 0 amide bonds. The molecule has 3 rings (SSSR count). The van der Waals surface area contributed by atoms with Crippen LogP contribution in [0.25, 0.3) is 0 Å². The highest BCUT2D eigenvalue weighted by Crippen LogP contribution is 2.35. The fraction of sp³-hybridized carbons (Fsp3) is 0.636. The van der Waals surface area contributed by atoms with Crippen molar-refractivity contribution >= 4 is 17.5 Å². The third-order valence-electron chi connectivity index (χ3n) is 3.83. The maximum Gasteiger partial charge on any atom is 0.278 e. The van der Waals surface area contributed by atoms with Crippen LogP contribution in [0.15, 0.2) is 4.79 Å². The van der Waals surface area contributed by atoms with Crippen molar-refractivity contribution in [3.05, 3.63) is 10.4 Å². The Morgan fingerprint density at radius 1 is 1.57 bits per heavy atom. The highest BCUT2D eigenvalue weighted by Gasteiger charge is 2.47. The van der Waals surface area contributed by atoms with Gasteiger partial charge in [-0.05, 0) is 0 Å². The third-order valence-corrected chi connectivity index (χ3v) is 3.83. The number of rotatable bonds is 2. The molecule has 0 saturated carbocycles. The number of nitrogens with zero attached hydrogens (tertiary/aromatic N) is 3. The molecular formula is C11H18N6O4. The van der Waals surface area contributed by atoms with E-state index in [1.807, 2.05) is 0 Å². The average Bonchev–Trinajstić information content (AvgIpc) is 2.89. The van der Waals surface area contributed by atoms with Gasteiger partial charge in [0.05, 0.1) is 19.3 Å². The van der Waals surface area contributed by atoms with Gasteiger partial charge in [0.25, 0.3) is 5.56 Å². The van der Waals surface area contributed by atoms with E-state index in [4.69, 9.17) is 16.2 Å². The van der Waals surface area contributed by atoms with Gasteiger partial charge in [0.2, 0.25) is 5.95 Å². The number of aromatic amines is 1. The Balaban J connectivity index is 1.99. The van der Waals surface area contributed by atoms with E-state index in [0.29, 0.717) is 18.2 Å². The van der Waals surface area contributed by atoms with Gasteiger partial charge in [-0.1, -0.05) is 0 Å². The van der Waals surface area contributed by atoms with Crippen LogP contribution in [0.4, 0.5) is 17.5 Å². The minimum Gasteiger partial charge on any atom is -0.394 e. The molecule has 0 spiro atoms. The van der Waals surface area contributed by atoms with Crippen LogP contribution in [0.3, 0.4) is 0 Å². The summed E-state index contributed by atoms with van der Waals surface area (Å²) < 4.78 is 5.59. The van der Waals surface area contributed by atoms with Gasteiger partial charge < -0.3 is 36.2 Å². The number of aliphatic hydroxyl groups is 2. The quantitative estimate of drug-likeness (QED) is 0.383. The first-order valence-corrected chi connectivity index (χ1v) is 6.51. The standard InChI is InChI=1S/C11H18N6O4/c1-16-3-17(8-6(16)9(20)15-11(13)14-8)10-7(19)5(12)4(2-18)21-10/h4-5,7,10,18-19H,2-3,12H2,1H3,(H3,13,14,15,20)/t4-,5-,7-,10-/m1/s1. The molecule has 0 unspecified atom stereocenters. The van der Waals surface area contributed by atoms with Crippen LogP contribution in [0.5, 0.6) is 0 Å². The van der Waals surface area contributed by atoms with Crippen LogP contribution in [0.1, 0.15) is 0 Å². The number of H-pyrrole nitrogens is 1. The van der Waals surface area contributed by atoms with Crippen LogP contribution < -0.4 is 26.8 Å². The zero-order valence-electron chi connectivity index (χ0n) is 11.4. The zero-order valence-corrected chi connectivity index (χ0v) is 11.4. The van der Waals surface area contributed by atoms with E-state index in [1.165, 1.54) is 0 Å². The minimum absolute atomic E-state index is 0.0189. The Labute approximate surface area is 119 Å². The molecule has 0 radical (unpaired) electrons. The van der Waals surface area contributed by atoms with Gasteiger partial charge in [-0.25, -0.2) is 0 Å². The summed E-state index contributed by atoms with van der Waals surface area (Å²) in [7, 11) is 1.72. The molecule has 21 heavy (non-hydrogen) atoms. The molecule has 1 aromatic rings. The molecule has 10 nitrogen and oxygen atoms in total. The second-order valence-electron chi connectivity index (χ2n) is 5.25. The number of ether oxygens (including phenoxy) is 1. The number of fused-ring (bicyclic) bond motifs is 1. The number of hydrogen-bond donors (Lipinski definition) is 5. The predicted molar refractivity (Wildman–Crippen MR) is 74.7 cm³/mol. The summed E-state index contributed by atoms with van der Waals surface area (Å²) in [4.78, 5) is 21.8. The van der Waals surface area contributed by atoms with E-state index in [0.717, 1.165) is 0 Å². The van der Waals surface area contributed by atoms with Crippen molar-refractivity contribution in [1.82, 2.24) is 9.97 Å². The lowest BCUT2D eigenvalue weighted by Gasteiger charge is -2.27. The van der Waals surface area contributed by atoms with Gasteiger partial charge in [0, 0.05) is 7.05 Å². The Morgan fingerprint density at radius 3 is 2.90 bits per heavy atom. The van der Waals surface area contributed by atoms with Crippen LogP contribution in [0.2, 0.25) is 0 Å². The normalized spacial score (nSPS) is 31.8. The van der Waals surface area contributed by atoms with E-state index in [-0.39, 0.29) is 18.1 Å². The van der Waals surface area contributed by atoms with Crippen LogP contribution in [-0.4, -0.2) is 65.0 Å². The molecule has 1 saturated heterocycles. The first-order valence-electron chi connectivity index (χ1n) is 6.51. The largest absolute Gasteiger partial charge is 0.394 e. The maximum absolute atomic E-state index is 12.0. The van der Waals surface area contributed by atoms with Gasteiger partial charge in [-0.3, -0.25) is 9.78 Å². The first kappa shape index (κ1) is 14.1. The monoisotopic (exact) mass is 298 g/mol. The van der Waals surface area contributed by atoms with Crippen molar-refractivity contribution in [1.29, 1.82) is 0 Å². The molecule has 0 bridgehead atoms. The second kappa shape index (κ2) is 4.84. The summed E-state index contributed by atoms with van der Waals surface area (Å²) in [5.74, 6) is 0.308. The Hall–Kier alpha value is -1.88. The SMILES string of the molecule is CN1CN([C@@H]2O[C@H](CO)[C@@H](N)[C@H]2O)c2nc(N)[nH]c(=O)c21. The van der Waals surface area contributed by atoms with Gasteiger partial charge in [0.15, 0.2) is 12.0 Å². The van der Waals surface area contributed by atoms with Crippen LogP contribution in [-0.2, 0) is 4.74 Å². The number of aliphatic hydroxyl groups excluding tert-OH is 2. The van der Waals surface area contributed by atoms with Gasteiger partial charge >= 0.3 is 0 Å². The van der Waals surface area contributed by atoms with Crippen LogP contribution >= 0.6 is 0 Å².